The number of hydrogen-bond donors (Lipinski definition) is 2. The summed E-state index contributed by atoms with van der Waals surface area (Å²) in [5.41, 5.74) is 1.94. The van der Waals surface area contributed by atoms with Crippen molar-refractivity contribution in [2.24, 2.45) is 0 Å². The van der Waals surface area contributed by atoms with E-state index in [1.165, 1.54) is 4.88 Å². The molecule has 2 aromatic rings. The summed E-state index contributed by atoms with van der Waals surface area (Å²) in [5, 5.41) is 8.05. The highest BCUT2D eigenvalue weighted by atomic mass is 32.1. The summed E-state index contributed by atoms with van der Waals surface area (Å²) in [6.07, 6.45) is 1.89. The van der Waals surface area contributed by atoms with Crippen molar-refractivity contribution in [3.05, 3.63) is 52.2 Å². The first kappa shape index (κ1) is 16.0. The summed E-state index contributed by atoms with van der Waals surface area (Å²) in [6.45, 7) is 4.14. The first-order valence-electron chi connectivity index (χ1n) is 7.91. The van der Waals surface area contributed by atoms with E-state index >= 15 is 0 Å². The van der Waals surface area contributed by atoms with Gasteiger partial charge in [-0.05, 0) is 48.9 Å². The molecule has 1 aromatic carbocycles. The lowest BCUT2D eigenvalue weighted by Gasteiger charge is -2.36. The topological polar surface area (TPSA) is 50.4 Å². The number of nitrogens with one attached hydrogen (secondary N) is 2. The lowest BCUT2D eigenvalue weighted by Crippen LogP contribution is -2.45. The fourth-order valence-electron chi connectivity index (χ4n) is 3.00. The lowest BCUT2D eigenvalue weighted by atomic mass is 9.78. The van der Waals surface area contributed by atoms with Gasteiger partial charge in [-0.3, -0.25) is 0 Å². The zero-order valence-electron chi connectivity index (χ0n) is 13.3. The number of benzene rings is 1. The number of amides is 2. The summed E-state index contributed by atoms with van der Waals surface area (Å²) in [6, 6.07) is 11.9. The normalized spacial score (nSPS) is 16.7. The smallest absolute Gasteiger partial charge is 0.319 e. The van der Waals surface area contributed by atoms with Gasteiger partial charge in [-0.25, -0.2) is 4.79 Å². The first-order chi connectivity index (χ1) is 11.2. The Balaban J connectivity index is 1.64. The molecule has 0 saturated carbocycles. The van der Waals surface area contributed by atoms with Crippen LogP contribution in [0.25, 0.3) is 0 Å². The zero-order valence-corrected chi connectivity index (χ0v) is 14.1. The number of urea groups is 1. The van der Waals surface area contributed by atoms with Gasteiger partial charge >= 0.3 is 6.03 Å². The molecule has 3 rings (SSSR count). The Morgan fingerprint density at radius 1 is 1.26 bits per heavy atom. The van der Waals surface area contributed by atoms with Crippen molar-refractivity contribution in [3.8, 4) is 0 Å². The second-order valence-electron chi connectivity index (χ2n) is 6.05. The van der Waals surface area contributed by atoms with Gasteiger partial charge in [0, 0.05) is 35.7 Å². The summed E-state index contributed by atoms with van der Waals surface area (Å²) < 4.78 is 5.51. The SMILES string of the molecule is Cc1cccc(NC(=O)NCC2(c3cccs3)CCOCC2)c1. The van der Waals surface area contributed by atoms with Crippen molar-refractivity contribution >= 4 is 23.1 Å². The van der Waals surface area contributed by atoms with E-state index in [9.17, 15) is 4.79 Å². The largest absolute Gasteiger partial charge is 0.381 e. The van der Waals surface area contributed by atoms with Crippen molar-refractivity contribution in [1.29, 1.82) is 0 Å². The van der Waals surface area contributed by atoms with Gasteiger partial charge in [0.15, 0.2) is 0 Å². The van der Waals surface area contributed by atoms with E-state index in [-0.39, 0.29) is 11.4 Å². The Bertz CT molecular complexity index is 649. The molecule has 0 bridgehead atoms. The molecule has 23 heavy (non-hydrogen) atoms. The molecular weight excluding hydrogens is 308 g/mol. The second kappa shape index (κ2) is 7.15. The van der Waals surface area contributed by atoms with E-state index in [4.69, 9.17) is 4.74 Å². The average molecular weight is 330 g/mol. The summed E-state index contributed by atoms with van der Waals surface area (Å²) >= 11 is 1.76. The second-order valence-corrected chi connectivity index (χ2v) is 6.99. The average Bonchev–Trinajstić information content (AvgIpc) is 3.09. The highest BCUT2D eigenvalue weighted by Gasteiger charge is 2.35. The van der Waals surface area contributed by atoms with Crippen LogP contribution in [0.4, 0.5) is 10.5 Å². The molecule has 0 radical (unpaired) electrons. The maximum absolute atomic E-state index is 12.2. The Morgan fingerprint density at radius 3 is 2.78 bits per heavy atom. The molecular formula is C18H22N2O2S. The maximum Gasteiger partial charge on any atom is 0.319 e. The third kappa shape index (κ3) is 3.92. The van der Waals surface area contributed by atoms with Gasteiger partial charge in [0.25, 0.3) is 0 Å². The van der Waals surface area contributed by atoms with Crippen molar-refractivity contribution < 1.29 is 9.53 Å². The zero-order chi connectivity index (χ0) is 16.1. The maximum atomic E-state index is 12.2. The number of thiophene rings is 1. The van der Waals surface area contributed by atoms with Crippen LogP contribution in [0.5, 0.6) is 0 Å². The van der Waals surface area contributed by atoms with Crippen molar-refractivity contribution in [2.45, 2.75) is 25.2 Å². The van der Waals surface area contributed by atoms with E-state index in [1.54, 1.807) is 11.3 Å². The highest BCUT2D eigenvalue weighted by Crippen LogP contribution is 2.36. The Kier molecular flexibility index (Phi) is 4.98. The van der Waals surface area contributed by atoms with E-state index in [0.29, 0.717) is 6.54 Å². The number of rotatable bonds is 4. The lowest BCUT2D eigenvalue weighted by molar-refractivity contribution is 0.0521. The third-order valence-corrected chi connectivity index (χ3v) is 5.47. The van der Waals surface area contributed by atoms with Crippen LogP contribution in [-0.2, 0) is 10.2 Å². The van der Waals surface area contributed by atoms with Gasteiger partial charge in [-0.2, -0.15) is 0 Å². The van der Waals surface area contributed by atoms with Crippen LogP contribution < -0.4 is 10.6 Å². The van der Waals surface area contributed by atoms with Gasteiger partial charge in [0.1, 0.15) is 0 Å². The third-order valence-electron chi connectivity index (χ3n) is 4.36. The van der Waals surface area contributed by atoms with Gasteiger partial charge in [-0.15, -0.1) is 11.3 Å². The molecule has 0 spiro atoms. The molecule has 5 heteroatoms. The van der Waals surface area contributed by atoms with E-state index < -0.39 is 0 Å². The predicted molar refractivity (Wildman–Crippen MR) is 94.3 cm³/mol. The Labute approximate surface area is 140 Å². The quantitative estimate of drug-likeness (QED) is 0.892. The summed E-state index contributed by atoms with van der Waals surface area (Å²) in [4.78, 5) is 13.6. The van der Waals surface area contributed by atoms with Crippen LogP contribution in [0, 0.1) is 6.92 Å². The van der Waals surface area contributed by atoms with Gasteiger partial charge < -0.3 is 15.4 Å². The number of carbonyl (C=O) groups excluding carboxylic acids is 1. The molecule has 1 aliphatic rings. The molecule has 1 aliphatic heterocycles. The molecule has 4 nitrogen and oxygen atoms in total. The summed E-state index contributed by atoms with van der Waals surface area (Å²) in [7, 11) is 0. The molecule has 0 aliphatic carbocycles. The molecule has 0 unspecified atom stereocenters. The standard InChI is InChI=1S/C18H22N2O2S/c1-14-4-2-5-15(12-14)20-17(21)19-13-18(7-9-22-10-8-18)16-6-3-11-23-16/h2-6,11-12H,7-10,13H2,1H3,(H2,19,20,21). The van der Waals surface area contributed by atoms with Crippen molar-refractivity contribution in [2.75, 3.05) is 25.1 Å². The van der Waals surface area contributed by atoms with E-state index in [0.717, 1.165) is 37.3 Å². The monoisotopic (exact) mass is 330 g/mol. The number of ether oxygens (including phenoxy) is 1. The van der Waals surface area contributed by atoms with Crippen molar-refractivity contribution in [1.82, 2.24) is 5.32 Å². The molecule has 0 atom stereocenters. The fourth-order valence-corrected chi connectivity index (χ4v) is 3.99. The minimum atomic E-state index is -0.155. The van der Waals surface area contributed by atoms with Crippen LogP contribution in [0.2, 0.25) is 0 Å². The number of anilines is 1. The molecule has 122 valence electrons. The molecule has 2 amide bonds. The molecule has 1 aromatic heterocycles. The van der Waals surface area contributed by atoms with Gasteiger partial charge in [-0.1, -0.05) is 18.2 Å². The van der Waals surface area contributed by atoms with E-state index in [2.05, 4.69) is 28.1 Å². The minimum absolute atomic E-state index is 0.00361. The minimum Gasteiger partial charge on any atom is -0.381 e. The Hall–Kier alpha value is -1.85. The van der Waals surface area contributed by atoms with Crippen LogP contribution in [0.15, 0.2) is 41.8 Å². The molecule has 1 saturated heterocycles. The Morgan fingerprint density at radius 2 is 2.09 bits per heavy atom. The highest BCUT2D eigenvalue weighted by molar-refractivity contribution is 7.10. The van der Waals surface area contributed by atoms with Crippen LogP contribution in [-0.4, -0.2) is 25.8 Å². The molecule has 2 N–H and O–H groups in total. The van der Waals surface area contributed by atoms with Gasteiger partial charge in [0.05, 0.1) is 0 Å². The first-order valence-corrected chi connectivity index (χ1v) is 8.79. The van der Waals surface area contributed by atoms with E-state index in [1.807, 2.05) is 31.2 Å². The number of hydrogen-bond acceptors (Lipinski definition) is 3. The molecule has 1 fully saturated rings. The fraction of sp³-hybridized carbons (Fsp3) is 0.389. The van der Waals surface area contributed by atoms with Crippen molar-refractivity contribution in [3.63, 3.8) is 0 Å². The van der Waals surface area contributed by atoms with Crippen LogP contribution in [0.3, 0.4) is 0 Å². The predicted octanol–water partition coefficient (Wildman–Crippen LogP) is 3.93. The van der Waals surface area contributed by atoms with Gasteiger partial charge in [0.2, 0.25) is 0 Å². The number of carbonyl (C=O) groups is 1. The number of aryl methyl sites for hydroxylation is 1. The van der Waals surface area contributed by atoms with Crippen LogP contribution in [0.1, 0.15) is 23.3 Å². The summed E-state index contributed by atoms with van der Waals surface area (Å²) in [5.74, 6) is 0. The molecule has 2 heterocycles. The van der Waals surface area contributed by atoms with Crippen LogP contribution >= 0.6 is 11.3 Å².